The molecule has 0 radical (unpaired) electrons. The van der Waals surface area contributed by atoms with Crippen LogP contribution >= 0.6 is 11.8 Å². The Morgan fingerprint density at radius 3 is 2.30 bits per heavy atom. The third-order valence-corrected chi connectivity index (χ3v) is 4.46. The van der Waals surface area contributed by atoms with Crippen molar-refractivity contribution in [2.75, 3.05) is 0 Å². The summed E-state index contributed by atoms with van der Waals surface area (Å²) in [6.07, 6.45) is 0. The van der Waals surface area contributed by atoms with E-state index >= 15 is 0 Å². The zero-order valence-corrected chi connectivity index (χ0v) is 12.1. The molecule has 1 N–H and O–H groups in total. The molecule has 1 saturated heterocycles. The smallest absolute Gasteiger partial charge is 0.258 e. The number of hydrogen-bond donors (Lipinski definition) is 1. The van der Waals surface area contributed by atoms with E-state index in [4.69, 9.17) is 0 Å². The fourth-order valence-corrected chi connectivity index (χ4v) is 3.10. The predicted octanol–water partition coefficient (Wildman–Crippen LogP) is 1.98. The molecular formula is C14H14FNO3S. The molecule has 0 saturated carbocycles. The van der Waals surface area contributed by atoms with Gasteiger partial charge in [-0.15, -0.1) is 0 Å². The fraction of sp³-hybridized carbons (Fsp3) is 0.357. The van der Waals surface area contributed by atoms with Crippen LogP contribution in [0.1, 0.15) is 26.3 Å². The van der Waals surface area contributed by atoms with E-state index in [9.17, 15) is 18.8 Å². The van der Waals surface area contributed by atoms with Gasteiger partial charge in [-0.3, -0.25) is 14.4 Å². The van der Waals surface area contributed by atoms with Crippen molar-refractivity contribution in [3.8, 4) is 0 Å². The summed E-state index contributed by atoms with van der Waals surface area (Å²) < 4.78 is 13.9. The topological polar surface area (TPSA) is 63.2 Å². The van der Waals surface area contributed by atoms with E-state index in [1.165, 1.54) is 39.0 Å². The van der Waals surface area contributed by atoms with Gasteiger partial charge >= 0.3 is 0 Å². The summed E-state index contributed by atoms with van der Waals surface area (Å²) in [7, 11) is 0. The molecule has 0 spiro atoms. The van der Waals surface area contributed by atoms with Gasteiger partial charge in [0.2, 0.25) is 11.7 Å². The molecule has 1 aromatic rings. The molecule has 0 unspecified atom stereocenters. The summed E-state index contributed by atoms with van der Waals surface area (Å²) in [5.41, 5.74) is -1.29. The van der Waals surface area contributed by atoms with Gasteiger partial charge in [0.15, 0.2) is 0 Å². The molecule has 4 nitrogen and oxygen atoms in total. The lowest BCUT2D eigenvalue weighted by atomic mass is 9.87. The number of amides is 1. The quantitative estimate of drug-likeness (QED) is 0.635. The molecule has 2 rings (SSSR count). The Kier molecular flexibility index (Phi) is 3.46. The second-order valence-corrected chi connectivity index (χ2v) is 6.70. The van der Waals surface area contributed by atoms with Crippen molar-refractivity contribution in [3.63, 3.8) is 0 Å². The molecule has 1 heterocycles. The zero-order valence-electron chi connectivity index (χ0n) is 11.3. The number of carbonyl (C=O) groups excluding carboxylic acids is 3. The Morgan fingerprint density at radius 2 is 1.70 bits per heavy atom. The minimum Gasteiger partial charge on any atom is -0.336 e. The lowest BCUT2D eigenvalue weighted by Gasteiger charge is -2.29. The first kappa shape index (κ1) is 14.7. The van der Waals surface area contributed by atoms with E-state index in [2.05, 4.69) is 5.32 Å². The average molecular weight is 295 g/mol. The van der Waals surface area contributed by atoms with Gasteiger partial charge in [0.25, 0.3) is 5.12 Å². The van der Waals surface area contributed by atoms with Crippen LogP contribution in [0, 0.1) is 11.2 Å². The monoisotopic (exact) mass is 295 g/mol. The Balaban J connectivity index is 2.54. The van der Waals surface area contributed by atoms with Crippen molar-refractivity contribution in [3.05, 3.63) is 35.6 Å². The first-order chi connectivity index (χ1) is 9.18. The standard InChI is InChI=1S/C14H14FNO3S/c1-13(2)10(17)11(18)20-14(3,16-12(13)19)8-6-4-5-7-9(8)15/h4-7H,1-3H3,(H,16,19)/t14-/m0/s1. The number of carbonyl (C=O) groups is 3. The number of halogens is 1. The van der Waals surface area contributed by atoms with Crippen LogP contribution in [0.5, 0.6) is 0 Å². The van der Waals surface area contributed by atoms with Crippen molar-refractivity contribution < 1.29 is 18.8 Å². The van der Waals surface area contributed by atoms with Gasteiger partial charge in [-0.05, 0) is 38.6 Å². The Labute approximate surface area is 120 Å². The lowest BCUT2D eigenvalue weighted by Crippen LogP contribution is -2.47. The molecule has 0 aromatic heterocycles. The summed E-state index contributed by atoms with van der Waals surface area (Å²) in [6.45, 7) is 4.28. The summed E-state index contributed by atoms with van der Waals surface area (Å²) in [5, 5.41) is 1.86. The van der Waals surface area contributed by atoms with E-state index in [1.54, 1.807) is 6.07 Å². The molecule has 106 valence electrons. The molecule has 1 aliphatic rings. The number of benzene rings is 1. The van der Waals surface area contributed by atoms with E-state index in [-0.39, 0.29) is 5.56 Å². The maximum atomic E-state index is 13.9. The zero-order chi connectivity index (χ0) is 15.1. The van der Waals surface area contributed by atoms with Crippen LogP contribution in [0.15, 0.2) is 24.3 Å². The van der Waals surface area contributed by atoms with E-state index in [0.717, 1.165) is 0 Å². The SMILES string of the molecule is CC1(C)C(=O)N[C@](C)(c2ccccc2F)SC(=O)C1=O. The van der Waals surface area contributed by atoms with Gasteiger partial charge < -0.3 is 5.32 Å². The van der Waals surface area contributed by atoms with Crippen molar-refractivity contribution in [1.82, 2.24) is 5.32 Å². The number of thioether (sulfide) groups is 1. The maximum Gasteiger partial charge on any atom is 0.258 e. The van der Waals surface area contributed by atoms with Crippen LogP contribution in [-0.4, -0.2) is 16.8 Å². The lowest BCUT2D eigenvalue weighted by molar-refractivity contribution is -0.144. The largest absolute Gasteiger partial charge is 0.336 e. The number of Topliss-reactive ketones (excluding diaryl/α,β-unsaturated/α-hetero) is 1. The van der Waals surface area contributed by atoms with E-state index in [0.29, 0.717) is 11.8 Å². The average Bonchev–Trinajstić information content (AvgIpc) is 2.42. The second kappa shape index (κ2) is 4.70. The van der Waals surface area contributed by atoms with Crippen molar-refractivity contribution in [1.29, 1.82) is 0 Å². The summed E-state index contributed by atoms with van der Waals surface area (Å²) in [4.78, 5) is 34.8. The predicted molar refractivity (Wildman–Crippen MR) is 73.3 cm³/mol. The van der Waals surface area contributed by atoms with Gasteiger partial charge in [-0.2, -0.15) is 0 Å². The van der Waals surface area contributed by atoms with Gasteiger partial charge in [-0.1, -0.05) is 18.2 Å². The molecule has 1 amide bonds. The summed E-state index contributed by atoms with van der Waals surface area (Å²) in [6, 6.07) is 5.86. The Bertz CT molecular complexity index is 614. The second-order valence-electron chi connectivity index (χ2n) is 5.31. The third-order valence-electron chi connectivity index (χ3n) is 3.36. The van der Waals surface area contributed by atoms with Crippen molar-refractivity contribution >= 4 is 28.6 Å². The van der Waals surface area contributed by atoms with Gasteiger partial charge in [0.05, 0.1) is 0 Å². The number of nitrogens with one attached hydrogen (secondary N) is 1. The highest BCUT2D eigenvalue weighted by atomic mass is 32.2. The minimum atomic E-state index is -1.45. The van der Waals surface area contributed by atoms with E-state index < -0.39 is 32.9 Å². The minimum absolute atomic E-state index is 0.164. The number of hydrogen-bond acceptors (Lipinski definition) is 4. The molecular weight excluding hydrogens is 281 g/mol. The molecule has 1 aliphatic heterocycles. The summed E-state index contributed by atoms with van der Waals surface area (Å²) in [5.74, 6) is -1.91. The fourth-order valence-electron chi connectivity index (χ4n) is 1.96. The van der Waals surface area contributed by atoms with Crippen LogP contribution in [0.4, 0.5) is 4.39 Å². The molecule has 1 fully saturated rings. The third kappa shape index (κ3) is 2.24. The first-order valence-electron chi connectivity index (χ1n) is 6.04. The van der Waals surface area contributed by atoms with Crippen LogP contribution in [0.2, 0.25) is 0 Å². The van der Waals surface area contributed by atoms with Crippen LogP contribution in [0.25, 0.3) is 0 Å². The first-order valence-corrected chi connectivity index (χ1v) is 6.85. The molecule has 1 atom stereocenters. The van der Waals surface area contributed by atoms with Crippen LogP contribution in [0.3, 0.4) is 0 Å². The maximum absolute atomic E-state index is 13.9. The highest BCUT2D eigenvalue weighted by Crippen LogP contribution is 2.40. The molecule has 1 aromatic carbocycles. The highest BCUT2D eigenvalue weighted by Gasteiger charge is 2.49. The molecule has 0 aliphatic carbocycles. The summed E-state index contributed by atoms with van der Waals surface area (Å²) >= 11 is 0.631. The highest BCUT2D eigenvalue weighted by molar-refractivity contribution is 8.16. The van der Waals surface area contributed by atoms with Gasteiger partial charge in [0, 0.05) is 5.56 Å². The molecule has 20 heavy (non-hydrogen) atoms. The van der Waals surface area contributed by atoms with Crippen LogP contribution < -0.4 is 5.32 Å². The number of rotatable bonds is 1. The van der Waals surface area contributed by atoms with Gasteiger partial charge in [-0.25, -0.2) is 4.39 Å². The number of ketones is 1. The normalized spacial score (nSPS) is 26.1. The Hall–Kier alpha value is -1.69. The van der Waals surface area contributed by atoms with Gasteiger partial charge in [0.1, 0.15) is 16.1 Å². The Morgan fingerprint density at radius 1 is 1.10 bits per heavy atom. The molecule has 0 bridgehead atoms. The van der Waals surface area contributed by atoms with Crippen LogP contribution in [-0.2, 0) is 19.3 Å². The van der Waals surface area contributed by atoms with Crippen molar-refractivity contribution in [2.45, 2.75) is 25.6 Å². The van der Waals surface area contributed by atoms with Crippen molar-refractivity contribution in [2.24, 2.45) is 5.41 Å². The molecule has 6 heteroatoms. The van der Waals surface area contributed by atoms with E-state index in [1.807, 2.05) is 0 Å².